The second-order valence-corrected chi connectivity index (χ2v) is 5.09. The van der Waals surface area contributed by atoms with E-state index in [1.54, 1.807) is 19.2 Å². The molecule has 2 rings (SSSR count). The van der Waals surface area contributed by atoms with Gasteiger partial charge in [-0.2, -0.15) is 0 Å². The van der Waals surface area contributed by atoms with E-state index in [2.05, 4.69) is 10.7 Å². The summed E-state index contributed by atoms with van der Waals surface area (Å²) in [5.74, 6) is -0.639. The topological polar surface area (TPSA) is 79.9 Å². The highest BCUT2D eigenvalue weighted by Gasteiger charge is 2.32. The molecule has 1 aliphatic rings. The van der Waals surface area contributed by atoms with Gasteiger partial charge in [0.25, 0.3) is 0 Å². The Labute approximate surface area is 133 Å². The van der Waals surface area contributed by atoms with E-state index in [9.17, 15) is 9.59 Å². The van der Waals surface area contributed by atoms with Crippen LogP contribution in [0.15, 0.2) is 24.3 Å². The van der Waals surface area contributed by atoms with Crippen molar-refractivity contribution >= 4 is 34.9 Å². The number of anilines is 1. The monoisotopic (exact) mass is 323 g/mol. The van der Waals surface area contributed by atoms with Crippen molar-refractivity contribution < 1.29 is 19.1 Å². The van der Waals surface area contributed by atoms with Gasteiger partial charge in [-0.15, -0.1) is 0 Å². The summed E-state index contributed by atoms with van der Waals surface area (Å²) in [7, 11) is 2.85. The smallest absolute Gasteiger partial charge is 0.311 e. The maximum atomic E-state index is 11.7. The first-order valence-electron chi connectivity index (χ1n) is 6.64. The van der Waals surface area contributed by atoms with Crippen LogP contribution in [0.5, 0.6) is 5.75 Å². The summed E-state index contributed by atoms with van der Waals surface area (Å²) in [4.78, 5) is 23.3. The Kier molecular flexibility index (Phi) is 5.16. The molecule has 1 saturated heterocycles. The first-order chi connectivity index (χ1) is 10.5. The molecule has 1 aromatic carbocycles. The molecule has 0 spiro atoms. The zero-order valence-electron chi connectivity index (χ0n) is 12.3. The molecule has 7 nitrogen and oxygen atoms in total. The highest BCUT2D eigenvalue weighted by molar-refractivity contribution is 7.80. The number of amides is 1. The average Bonchev–Trinajstić information content (AvgIpc) is 2.53. The van der Waals surface area contributed by atoms with Gasteiger partial charge in [0.1, 0.15) is 5.75 Å². The van der Waals surface area contributed by atoms with Gasteiger partial charge in [-0.05, 0) is 24.4 Å². The van der Waals surface area contributed by atoms with Gasteiger partial charge in [-0.25, -0.2) is 0 Å². The number of para-hydroxylation sites is 2. The van der Waals surface area contributed by atoms with Crippen molar-refractivity contribution in [2.45, 2.75) is 6.42 Å². The number of esters is 1. The molecule has 22 heavy (non-hydrogen) atoms. The lowest BCUT2D eigenvalue weighted by Crippen LogP contribution is -2.55. The van der Waals surface area contributed by atoms with Crippen LogP contribution in [0.4, 0.5) is 5.69 Å². The first-order valence-corrected chi connectivity index (χ1v) is 7.04. The van der Waals surface area contributed by atoms with E-state index >= 15 is 0 Å². The number of hydrogen-bond donors (Lipinski definition) is 2. The first kappa shape index (κ1) is 16.0. The van der Waals surface area contributed by atoms with Gasteiger partial charge < -0.3 is 14.8 Å². The Morgan fingerprint density at radius 2 is 2.14 bits per heavy atom. The number of hydrogen-bond acceptors (Lipinski definition) is 5. The summed E-state index contributed by atoms with van der Waals surface area (Å²) in [6.07, 6.45) is 0.0838. The minimum Gasteiger partial charge on any atom is -0.495 e. The van der Waals surface area contributed by atoms with E-state index in [0.717, 1.165) is 0 Å². The molecular weight excluding hydrogens is 306 g/mol. The van der Waals surface area contributed by atoms with Crippen LogP contribution in [0.3, 0.4) is 0 Å². The van der Waals surface area contributed by atoms with Crippen LogP contribution in [0.25, 0.3) is 0 Å². The molecule has 8 heteroatoms. The summed E-state index contributed by atoms with van der Waals surface area (Å²) in [5, 5.41) is 4.69. The van der Waals surface area contributed by atoms with Crippen LogP contribution in [0.1, 0.15) is 6.42 Å². The fourth-order valence-corrected chi connectivity index (χ4v) is 2.37. The molecule has 1 aliphatic heterocycles. The van der Waals surface area contributed by atoms with E-state index in [1.807, 2.05) is 12.1 Å². The van der Waals surface area contributed by atoms with Crippen molar-refractivity contribution in [3.8, 4) is 5.75 Å². The molecule has 1 atom stereocenters. The lowest BCUT2D eigenvalue weighted by Gasteiger charge is -2.33. The van der Waals surface area contributed by atoms with Crippen molar-refractivity contribution in [1.82, 2.24) is 10.4 Å². The van der Waals surface area contributed by atoms with Gasteiger partial charge in [0.05, 0.1) is 32.4 Å². The highest BCUT2D eigenvalue weighted by atomic mass is 32.1. The van der Waals surface area contributed by atoms with Crippen molar-refractivity contribution in [2.24, 2.45) is 5.92 Å². The molecule has 0 aromatic heterocycles. The van der Waals surface area contributed by atoms with Gasteiger partial charge in [0.2, 0.25) is 5.91 Å². The van der Waals surface area contributed by atoms with Crippen LogP contribution in [0, 0.1) is 5.92 Å². The number of thiocarbonyl (C=S) groups is 1. The second kappa shape index (κ2) is 7.08. The lowest BCUT2D eigenvalue weighted by molar-refractivity contribution is -0.150. The Morgan fingerprint density at radius 1 is 1.41 bits per heavy atom. The van der Waals surface area contributed by atoms with Crippen LogP contribution in [-0.4, -0.2) is 42.8 Å². The molecule has 118 valence electrons. The fourth-order valence-electron chi connectivity index (χ4n) is 2.14. The van der Waals surface area contributed by atoms with Gasteiger partial charge in [0.15, 0.2) is 5.11 Å². The van der Waals surface area contributed by atoms with E-state index in [4.69, 9.17) is 21.7 Å². The molecule has 1 heterocycles. The third-order valence-electron chi connectivity index (χ3n) is 3.22. The third-order valence-corrected chi connectivity index (χ3v) is 3.55. The SMILES string of the molecule is COC(=O)C1CC(=O)NN(C(=S)Nc2ccccc2OC)C1. The van der Waals surface area contributed by atoms with E-state index in [-0.39, 0.29) is 24.0 Å². The van der Waals surface area contributed by atoms with Crippen LogP contribution in [-0.2, 0) is 14.3 Å². The number of nitrogens with one attached hydrogen (secondary N) is 2. The Hall–Kier alpha value is -2.35. The quantitative estimate of drug-likeness (QED) is 0.632. The molecule has 1 aromatic rings. The van der Waals surface area contributed by atoms with Crippen molar-refractivity contribution in [3.63, 3.8) is 0 Å². The normalized spacial score (nSPS) is 17.5. The molecular formula is C14H17N3O4S. The maximum absolute atomic E-state index is 11.7. The minimum absolute atomic E-state index is 0.0838. The predicted molar refractivity (Wildman–Crippen MR) is 84.2 cm³/mol. The standard InChI is InChI=1S/C14H17N3O4S/c1-20-11-6-4-3-5-10(11)15-14(22)17-8-9(13(19)21-2)7-12(18)16-17/h3-6,9H,7-8H2,1-2H3,(H,15,22)(H,16,18). The zero-order valence-corrected chi connectivity index (χ0v) is 13.1. The molecule has 1 amide bonds. The Morgan fingerprint density at radius 3 is 2.82 bits per heavy atom. The number of methoxy groups -OCH3 is 2. The summed E-state index contributed by atoms with van der Waals surface area (Å²) in [5.41, 5.74) is 3.30. The van der Waals surface area contributed by atoms with Crippen LogP contribution >= 0.6 is 12.2 Å². The molecule has 0 aliphatic carbocycles. The Bertz CT molecular complexity index is 593. The number of benzene rings is 1. The van der Waals surface area contributed by atoms with Gasteiger partial charge in [0, 0.05) is 6.42 Å². The molecule has 0 radical (unpaired) electrons. The van der Waals surface area contributed by atoms with Crippen LogP contribution in [0.2, 0.25) is 0 Å². The summed E-state index contributed by atoms with van der Waals surface area (Å²) < 4.78 is 9.92. The highest BCUT2D eigenvalue weighted by Crippen LogP contribution is 2.23. The zero-order chi connectivity index (χ0) is 16.1. The summed E-state index contributed by atoms with van der Waals surface area (Å²) in [6.45, 7) is 0.249. The molecule has 2 N–H and O–H groups in total. The molecule has 1 unspecified atom stereocenters. The van der Waals surface area contributed by atoms with Gasteiger partial charge in [-0.1, -0.05) is 12.1 Å². The molecule has 0 bridgehead atoms. The lowest BCUT2D eigenvalue weighted by atomic mass is 10.0. The fraction of sp³-hybridized carbons (Fsp3) is 0.357. The minimum atomic E-state index is -0.545. The van der Waals surface area contributed by atoms with E-state index in [0.29, 0.717) is 11.4 Å². The van der Waals surface area contributed by atoms with Crippen LogP contribution < -0.4 is 15.5 Å². The number of hydrazine groups is 1. The summed E-state index contributed by atoms with van der Waals surface area (Å²) in [6, 6.07) is 7.26. The molecule has 1 fully saturated rings. The van der Waals surface area contributed by atoms with E-state index < -0.39 is 11.9 Å². The van der Waals surface area contributed by atoms with Gasteiger partial charge in [-0.3, -0.25) is 20.0 Å². The number of carbonyl (C=O) groups excluding carboxylic acids is 2. The van der Waals surface area contributed by atoms with Crippen molar-refractivity contribution in [3.05, 3.63) is 24.3 Å². The third kappa shape index (κ3) is 3.64. The van der Waals surface area contributed by atoms with Gasteiger partial charge >= 0.3 is 5.97 Å². The average molecular weight is 323 g/mol. The largest absolute Gasteiger partial charge is 0.495 e. The predicted octanol–water partition coefficient (Wildman–Crippen LogP) is 0.918. The van der Waals surface area contributed by atoms with Crippen molar-refractivity contribution in [1.29, 1.82) is 0 Å². The number of nitrogens with zero attached hydrogens (tertiary/aromatic N) is 1. The van der Waals surface area contributed by atoms with E-state index in [1.165, 1.54) is 12.1 Å². The maximum Gasteiger partial charge on any atom is 0.311 e. The molecule has 0 saturated carbocycles. The summed E-state index contributed by atoms with van der Waals surface area (Å²) >= 11 is 5.28. The number of carbonyl (C=O) groups is 2. The Balaban J connectivity index is 2.08. The number of rotatable bonds is 3. The van der Waals surface area contributed by atoms with Crippen molar-refractivity contribution in [2.75, 3.05) is 26.1 Å². The second-order valence-electron chi connectivity index (χ2n) is 4.70. The number of ether oxygens (including phenoxy) is 2.